The zero-order valence-corrected chi connectivity index (χ0v) is 10.4. The molecule has 1 N–H and O–H groups in total. The van der Waals surface area contributed by atoms with Crippen LogP contribution in [0.25, 0.3) is 0 Å². The van der Waals surface area contributed by atoms with Crippen molar-refractivity contribution in [2.75, 3.05) is 13.1 Å². The van der Waals surface area contributed by atoms with Crippen LogP contribution in [0.4, 0.5) is 0 Å². The first-order valence-corrected chi connectivity index (χ1v) is 6.82. The highest BCUT2D eigenvalue weighted by Gasteiger charge is 2.02. The number of rotatable bonds is 7. The van der Waals surface area contributed by atoms with E-state index in [0.29, 0.717) is 0 Å². The van der Waals surface area contributed by atoms with Crippen molar-refractivity contribution >= 4 is 0 Å². The van der Waals surface area contributed by atoms with Crippen LogP contribution in [0.5, 0.6) is 0 Å². The van der Waals surface area contributed by atoms with E-state index >= 15 is 0 Å². The molecule has 0 aliphatic carbocycles. The van der Waals surface area contributed by atoms with Gasteiger partial charge in [-0.3, -0.25) is 0 Å². The van der Waals surface area contributed by atoms with Crippen molar-refractivity contribution in [3.63, 3.8) is 0 Å². The molecule has 1 saturated heterocycles. The van der Waals surface area contributed by atoms with Crippen molar-refractivity contribution in [2.45, 2.75) is 64.7 Å². The van der Waals surface area contributed by atoms with Gasteiger partial charge in [-0.05, 0) is 38.8 Å². The van der Waals surface area contributed by atoms with Crippen LogP contribution in [0.1, 0.15) is 64.7 Å². The Morgan fingerprint density at radius 2 is 1.67 bits per heavy atom. The standard InChI is InChI=1S/C14H27N/c1-2-3-4-5-6-7-8-9-14-10-12-15-13-11-14/h9,15H,2-8,10-13H2,1H3. The first-order chi connectivity index (χ1) is 7.43. The highest BCUT2D eigenvalue weighted by molar-refractivity contribution is 5.05. The Labute approximate surface area is 95.3 Å². The highest BCUT2D eigenvalue weighted by atomic mass is 14.9. The van der Waals surface area contributed by atoms with Crippen LogP contribution in [-0.4, -0.2) is 13.1 Å². The molecule has 0 aromatic carbocycles. The second-order valence-corrected chi connectivity index (χ2v) is 4.67. The molecule has 0 atom stereocenters. The van der Waals surface area contributed by atoms with Gasteiger partial charge in [-0.15, -0.1) is 0 Å². The number of hydrogen-bond acceptors (Lipinski definition) is 1. The zero-order chi connectivity index (χ0) is 10.8. The summed E-state index contributed by atoms with van der Waals surface area (Å²) in [6.07, 6.45) is 14.9. The van der Waals surface area contributed by atoms with Gasteiger partial charge in [0.25, 0.3) is 0 Å². The van der Waals surface area contributed by atoms with E-state index in [-0.39, 0.29) is 0 Å². The van der Waals surface area contributed by atoms with Gasteiger partial charge in [-0.25, -0.2) is 0 Å². The Morgan fingerprint density at radius 1 is 1.00 bits per heavy atom. The minimum atomic E-state index is 1.20. The minimum Gasteiger partial charge on any atom is -0.316 e. The van der Waals surface area contributed by atoms with Crippen molar-refractivity contribution in [1.82, 2.24) is 5.32 Å². The number of piperidine rings is 1. The summed E-state index contributed by atoms with van der Waals surface area (Å²) in [4.78, 5) is 0. The average Bonchev–Trinajstić information content (AvgIpc) is 2.29. The van der Waals surface area contributed by atoms with E-state index in [9.17, 15) is 0 Å². The van der Waals surface area contributed by atoms with Gasteiger partial charge >= 0.3 is 0 Å². The summed E-state index contributed by atoms with van der Waals surface area (Å²) < 4.78 is 0. The third kappa shape index (κ3) is 6.72. The lowest BCUT2D eigenvalue weighted by Gasteiger charge is -2.14. The van der Waals surface area contributed by atoms with Gasteiger partial charge in [0, 0.05) is 0 Å². The highest BCUT2D eigenvalue weighted by Crippen LogP contribution is 2.13. The number of nitrogens with one attached hydrogen (secondary N) is 1. The molecule has 0 aromatic rings. The predicted octanol–water partition coefficient (Wildman–Crippen LogP) is 4.05. The summed E-state index contributed by atoms with van der Waals surface area (Å²) in [7, 11) is 0. The molecule has 0 bridgehead atoms. The van der Waals surface area contributed by atoms with Gasteiger partial charge < -0.3 is 5.32 Å². The normalized spacial score (nSPS) is 16.7. The zero-order valence-electron chi connectivity index (χ0n) is 10.4. The van der Waals surface area contributed by atoms with Gasteiger partial charge in [0.15, 0.2) is 0 Å². The molecule has 1 nitrogen and oxygen atoms in total. The second kappa shape index (κ2) is 8.96. The number of allylic oxidation sites excluding steroid dienone is 1. The maximum atomic E-state index is 3.40. The predicted molar refractivity (Wildman–Crippen MR) is 68.2 cm³/mol. The van der Waals surface area contributed by atoms with Crippen LogP contribution in [0, 0.1) is 0 Å². The summed E-state index contributed by atoms with van der Waals surface area (Å²) in [5, 5.41) is 3.40. The lowest BCUT2D eigenvalue weighted by Crippen LogP contribution is -2.22. The molecule has 1 heteroatoms. The molecule has 1 aliphatic rings. The first-order valence-electron chi connectivity index (χ1n) is 6.82. The molecular formula is C14H27N. The van der Waals surface area contributed by atoms with Gasteiger partial charge in [-0.2, -0.15) is 0 Å². The van der Waals surface area contributed by atoms with Crippen LogP contribution in [0.2, 0.25) is 0 Å². The topological polar surface area (TPSA) is 12.0 Å². The van der Waals surface area contributed by atoms with Crippen LogP contribution in [0.15, 0.2) is 11.6 Å². The molecule has 0 aromatic heterocycles. The van der Waals surface area contributed by atoms with Crippen molar-refractivity contribution in [1.29, 1.82) is 0 Å². The Morgan fingerprint density at radius 3 is 2.40 bits per heavy atom. The molecule has 0 radical (unpaired) electrons. The maximum Gasteiger partial charge on any atom is -0.00115 e. The number of hydrogen-bond donors (Lipinski definition) is 1. The van der Waals surface area contributed by atoms with E-state index in [2.05, 4.69) is 18.3 Å². The molecule has 1 aliphatic heterocycles. The average molecular weight is 209 g/mol. The maximum absolute atomic E-state index is 3.40. The van der Waals surface area contributed by atoms with Crippen LogP contribution < -0.4 is 5.32 Å². The van der Waals surface area contributed by atoms with Crippen molar-refractivity contribution in [3.05, 3.63) is 11.6 Å². The molecule has 15 heavy (non-hydrogen) atoms. The lowest BCUT2D eigenvalue weighted by atomic mass is 10.0. The van der Waals surface area contributed by atoms with E-state index in [0.717, 1.165) is 0 Å². The summed E-state index contributed by atoms with van der Waals surface area (Å²) in [6, 6.07) is 0. The van der Waals surface area contributed by atoms with E-state index < -0.39 is 0 Å². The molecule has 1 fully saturated rings. The van der Waals surface area contributed by atoms with Crippen LogP contribution >= 0.6 is 0 Å². The van der Waals surface area contributed by atoms with Gasteiger partial charge in [0.2, 0.25) is 0 Å². The Hall–Kier alpha value is -0.300. The minimum absolute atomic E-state index is 1.20. The largest absolute Gasteiger partial charge is 0.316 e. The Bertz CT molecular complexity index is 164. The van der Waals surface area contributed by atoms with Gasteiger partial charge in [0.1, 0.15) is 0 Å². The summed E-state index contributed by atoms with van der Waals surface area (Å²) in [6.45, 7) is 4.67. The lowest BCUT2D eigenvalue weighted by molar-refractivity contribution is 0.595. The SMILES string of the molecule is CCCCCCCCC=C1CCNCC1. The molecule has 1 rings (SSSR count). The van der Waals surface area contributed by atoms with E-state index in [1.807, 2.05) is 0 Å². The molecule has 0 spiro atoms. The van der Waals surface area contributed by atoms with Gasteiger partial charge in [-0.1, -0.05) is 50.7 Å². The Kier molecular flexibility index (Phi) is 7.63. The molecule has 0 amide bonds. The van der Waals surface area contributed by atoms with Crippen LogP contribution in [0.3, 0.4) is 0 Å². The summed E-state index contributed by atoms with van der Waals surface area (Å²) in [5.41, 5.74) is 1.70. The fourth-order valence-corrected chi connectivity index (χ4v) is 2.18. The molecule has 0 saturated carbocycles. The van der Waals surface area contributed by atoms with E-state index in [4.69, 9.17) is 0 Å². The summed E-state index contributed by atoms with van der Waals surface area (Å²) >= 11 is 0. The fraction of sp³-hybridized carbons (Fsp3) is 0.857. The molecule has 0 unspecified atom stereocenters. The molecule has 1 heterocycles. The third-order valence-electron chi connectivity index (χ3n) is 3.24. The third-order valence-corrected chi connectivity index (χ3v) is 3.24. The molecular weight excluding hydrogens is 182 g/mol. The molecule has 88 valence electrons. The quantitative estimate of drug-likeness (QED) is 0.493. The monoisotopic (exact) mass is 209 g/mol. The van der Waals surface area contributed by atoms with E-state index in [1.165, 1.54) is 70.9 Å². The first kappa shape index (κ1) is 12.8. The number of unbranched alkanes of at least 4 members (excludes halogenated alkanes) is 6. The second-order valence-electron chi connectivity index (χ2n) is 4.67. The van der Waals surface area contributed by atoms with Crippen LogP contribution in [-0.2, 0) is 0 Å². The Balaban J connectivity index is 1.91. The summed E-state index contributed by atoms with van der Waals surface area (Å²) in [5.74, 6) is 0. The van der Waals surface area contributed by atoms with Crippen molar-refractivity contribution in [2.24, 2.45) is 0 Å². The van der Waals surface area contributed by atoms with Crippen molar-refractivity contribution < 1.29 is 0 Å². The van der Waals surface area contributed by atoms with Crippen molar-refractivity contribution in [3.8, 4) is 0 Å². The van der Waals surface area contributed by atoms with E-state index in [1.54, 1.807) is 5.57 Å². The fourth-order valence-electron chi connectivity index (χ4n) is 2.18. The van der Waals surface area contributed by atoms with Gasteiger partial charge in [0.05, 0.1) is 0 Å². The smallest absolute Gasteiger partial charge is 0.00115 e.